The Labute approximate surface area is 110 Å². The Morgan fingerprint density at radius 3 is 2.88 bits per heavy atom. The maximum Gasteiger partial charge on any atom is 0.110 e. The molecular weight excluding hydrogens is 278 g/mol. The molecule has 4 heteroatoms. The van der Waals surface area contributed by atoms with E-state index in [1.54, 1.807) is 0 Å². The highest BCUT2D eigenvalue weighted by Crippen LogP contribution is 2.19. The van der Waals surface area contributed by atoms with Crippen LogP contribution in [0.25, 0.3) is 0 Å². The van der Waals surface area contributed by atoms with E-state index >= 15 is 0 Å². The van der Waals surface area contributed by atoms with Crippen molar-refractivity contribution in [2.45, 2.75) is 13.3 Å². The molecule has 0 fully saturated rings. The van der Waals surface area contributed by atoms with Crippen molar-refractivity contribution in [2.24, 2.45) is 7.05 Å². The molecule has 2 aromatic rings. The van der Waals surface area contributed by atoms with Crippen LogP contribution in [0.1, 0.15) is 11.4 Å². The zero-order valence-electron chi connectivity index (χ0n) is 10.1. The molecule has 0 saturated carbocycles. The number of nitrogens with zero attached hydrogens (tertiary/aromatic N) is 2. The number of benzene rings is 1. The number of imidazole rings is 1. The van der Waals surface area contributed by atoms with Gasteiger partial charge < -0.3 is 9.88 Å². The molecule has 90 valence electrons. The van der Waals surface area contributed by atoms with E-state index in [0.29, 0.717) is 0 Å². The first-order chi connectivity index (χ1) is 8.16. The number of hydrogen-bond acceptors (Lipinski definition) is 2. The molecule has 0 radical (unpaired) electrons. The van der Waals surface area contributed by atoms with Crippen molar-refractivity contribution in [3.8, 4) is 0 Å². The van der Waals surface area contributed by atoms with Gasteiger partial charge in [-0.2, -0.15) is 0 Å². The highest BCUT2D eigenvalue weighted by Gasteiger charge is 2.00. The topological polar surface area (TPSA) is 29.9 Å². The zero-order chi connectivity index (χ0) is 12.3. The summed E-state index contributed by atoms with van der Waals surface area (Å²) in [5, 5.41) is 3.40. The molecular formula is C13H16BrN3. The predicted octanol–water partition coefficient (Wildman–Crippen LogP) is 3.15. The summed E-state index contributed by atoms with van der Waals surface area (Å²) < 4.78 is 3.20. The average molecular weight is 294 g/mol. The van der Waals surface area contributed by atoms with Crippen LogP contribution in [-0.4, -0.2) is 16.1 Å². The number of aromatic nitrogens is 2. The fourth-order valence-electron chi connectivity index (χ4n) is 1.71. The van der Waals surface area contributed by atoms with E-state index in [-0.39, 0.29) is 0 Å². The SMILES string of the molecule is Cc1cc(NCCc2nccn2C)ccc1Br. The third kappa shape index (κ3) is 3.09. The summed E-state index contributed by atoms with van der Waals surface area (Å²) in [6, 6.07) is 6.29. The van der Waals surface area contributed by atoms with E-state index in [2.05, 4.69) is 55.9 Å². The quantitative estimate of drug-likeness (QED) is 0.939. The third-order valence-electron chi connectivity index (χ3n) is 2.76. The zero-order valence-corrected chi connectivity index (χ0v) is 11.7. The van der Waals surface area contributed by atoms with Crippen LogP contribution in [0, 0.1) is 6.92 Å². The van der Waals surface area contributed by atoms with Crippen molar-refractivity contribution in [1.82, 2.24) is 9.55 Å². The maximum atomic E-state index is 4.29. The Kier molecular flexibility index (Phi) is 3.84. The van der Waals surface area contributed by atoms with Gasteiger partial charge in [-0.25, -0.2) is 4.98 Å². The molecule has 1 aromatic carbocycles. The third-order valence-corrected chi connectivity index (χ3v) is 3.65. The molecule has 0 aliphatic rings. The number of rotatable bonds is 4. The second-order valence-corrected chi connectivity index (χ2v) is 4.95. The van der Waals surface area contributed by atoms with Crippen LogP contribution in [0.2, 0.25) is 0 Å². The van der Waals surface area contributed by atoms with Crippen LogP contribution in [0.4, 0.5) is 5.69 Å². The molecule has 1 N–H and O–H groups in total. The van der Waals surface area contributed by atoms with Crippen molar-refractivity contribution in [3.05, 3.63) is 46.5 Å². The van der Waals surface area contributed by atoms with Gasteiger partial charge in [-0.1, -0.05) is 15.9 Å². The lowest BCUT2D eigenvalue weighted by Crippen LogP contribution is -2.08. The Balaban J connectivity index is 1.90. The summed E-state index contributed by atoms with van der Waals surface area (Å²) in [7, 11) is 2.02. The first-order valence-electron chi connectivity index (χ1n) is 5.63. The Morgan fingerprint density at radius 2 is 2.24 bits per heavy atom. The molecule has 0 amide bonds. The minimum atomic E-state index is 0.895. The van der Waals surface area contributed by atoms with Crippen molar-refractivity contribution < 1.29 is 0 Å². The number of nitrogens with one attached hydrogen (secondary N) is 1. The van der Waals surface area contributed by atoms with Gasteiger partial charge in [0.25, 0.3) is 0 Å². The van der Waals surface area contributed by atoms with Crippen molar-refractivity contribution >= 4 is 21.6 Å². The molecule has 0 atom stereocenters. The van der Waals surface area contributed by atoms with E-state index < -0.39 is 0 Å². The summed E-state index contributed by atoms with van der Waals surface area (Å²) in [4.78, 5) is 4.29. The van der Waals surface area contributed by atoms with Crippen LogP contribution < -0.4 is 5.32 Å². The average Bonchev–Trinajstić information content (AvgIpc) is 2.70. The largest absolute Gasteiger partial charge is 0.385 e. The van der Waals surface area contributed by atoms with Gasteiger partial charge in [-0.05, 0) is 30.7 Å². The minimum absolute atomic E-state index is 0.895. The number of anilines is 1. The molecule has 0 unspecified atom stereocenters. The lowest BCUT2D eigenvalue weighted by atomic mass is 10.2. The van der Waals surface area contributed by atoms with Gasteiger partial charge in [0.15, 0.2) is 0 Å². The van der Waals surface area contributed by atoms with Crippen molar-refractivity contribution in [3.63, 3.8) is 0 Å². The molecule has 2 rings (SSSR count). The van der Waals surface area contributed by atoms with Gasteiger partial charge in [0.1, 0.15) is 5.82 Å². The van der Waals surface area contributed by atoms with Crippen LogP contribution in [-0.2, 0) is 13.5 Å². The molecule has 0 aliphatic heterocycles. The standard InChI is InChI=1S/C13H16BrN3/c1-10-9-11(3-4-12(10)14)15-6-5-13-16-7-8-17(13)2/h3-4,7-9,15H,5-6H2,1-2H3. The predicted molar refractivity (Wildman–Crippen MR) is 74.3 cm³/mol. The van der Waals surface area contributed by atoms with E-state index in [4.69, 9.17) is 0 Å². The number of aryl methyl sites for hydroxylation is 2. The second-order valence-electron chi connectivity index (χ2n) is 4.10. The molecule has 17 heavy (non-hydrogen) atoms. The van der Waals surface area contributed by atoms with Crippen LogP contribution >= 0.6 is 15.9 Å². The van der Waals surface area contributed by atoms with Crippen molar-refractivity contribution in [2.75, 3.05) is 11.9 Å². The van der Waals surface area contributed by atoms with Gasteiger partial charge in [-0.15, -0.1) is 0 Å². The second kappa shape index (κ2) is 5.36. The first kappa shape index (κ1) is 12.2. The van der Waals surface area contributed by atoms with Crippen LogP contribution in [0.5, 0.6) is 0 Å². The smallest absolute Gasteiger partial charge is 0.110 e. The Morgan fingerprint density at radius 1 is 1.41 bits per heavy atom. The van der Waals surface area contributed by atoms with Gasteiger partial charge >= 0.3 is 0 Å². The molecule has 3 nitrogen and oxygen atoms in total. The maximum absolute atomic E-state index is 4.29. The van der Waals surface area contributed by atoms with Crippen LogP contribution in [0.15, 0.2) is 35.1 Å². The molecule has 1 aromatic heterocycles. The normalized spacial score (nSPS) is 10.5. The number of halogens is 1. The fourth-order valence-corrected chi connectivity index (χ4v) is 1.96. The van der Waals surface area contributed by atoms with Gasteiger partial charge in [0, 0.05) is 42.6 Å². The highest BCUT2D eigenvalue weighted by atomic mass is 79.9. The summed E-state index contributed by atoms with van der Waals surface area (Å²) >= 11 is 3.50. The first-order valence-corrected chi connectivity index (χ1v) is 6.42. The summed E-state index contributed by atoms with van der Waals surface area (Å²) in [6.07, 6.45) is 4.73. The summed E-state index contributed by atoms with van der Waals surface area (Å²) in [5.74, 6) is 1.10. The molecule has 0 spiro atoms. The molecule has 0 aliphatic carbocycles. The molecule has 0 bridgehead atoms. The molecule has 0 saturated heterocycles. The lowest BCUT2D eigenvalue weighted by Gasteiger charge is -2.08. The van der Waals surface area contributed by atoms with Gasteiger partial charge in [0.2, 0.25) is 0 Å². The molecule has 1 heterocycles. The summed E-state index contributed by atoms with van der Waals surface area (Å²) in [5.41, 5.74) is 2.40. The van der Waals surface area contributed by atoms with Crippen LogP contribution in [0.3, 0.4) is 0 Å². The van der Waals surface area contributed by atoms with E-state index in [0.717, 1.165) is 29.0 Å². The fraction of sp³-hybridized carbons (Fsp3) is 0.308. The van der Waals surface area contributed by atoms with Crippen molar-refractivity contribution in [1.29, 1.82) is 0 Å². The lowest BCUT2D eigenvalue weighted by molar-refractivity contribution is 0.789. The van der Waals surface area contributed by atoms with E-state index in [9.17, 15) is 0 Å². The van der Waals surface area contributed by atoms with E-state index in [1.807, 2.05) is 19.4 Å². The Bertz CT molecular complexity index is 505. The Hall–Kier alpha value is -1.29. The van der Waals surface area contributed by atoms with E-state index in [1.165, 1.54) is 5.56 Å². The summed E-state index contributed by atoms with van der Waals surface area (Å²) in [6.45, 7) is 2.99. The van der Waals surface area contributed by atoms with Gasteiger partial charge in [-0.3, -0.25) is 0 Å². The minimum Gasteiger partial charge on any atom is -0.385 e. The monoisotopic (exact) mass is 293 g/mol. The van der Waals surface area contributed by atoms with Gasteiger partial charge in [0.05, 0.1) is 0 Å². The highest BCUT2D eigenvalue weighted by molar-refractivity contribution is 9.10. The number of hydrogen-bond donors (Lipinski definition) is 1.